The van der Waals surface area contributed by atoms with Crippen LogP contribution in [0.5, 0.6) is 5.75 Å². The smallest absolute Gasteiger partial charge is 0.348 e. The predicted octanol–water partition coefficient (Wildman–Crippen LogP) is 4.38. The predicted molar refractivity (Wildman–Crippen MR) is 127 cm³/mol. The molecule has 0 aliphatic carbocycles. The Kier molecular flexibility index (Phi) is 8.80. The number of ether oxygens (including phenoxy) is 3. The Morgan fingerprint density at radius 3 is 2.12 bits per heavy atom. The molecule has 0 spiro atoms. The van der Waals surface area contributed by atoms with E-state index in [0.29, 0.717) is 11.1 Å². The molecule has 184 valence electrons. The van der Waals surface area contributed by atoms with Gasteiger partial charge < -0.3 is 24.6 Å². The standard InChI is InChI=1S/C24H29NO8S/c1-11(2)14-8-15(12(3)4)19(27)16(9-14)22(28)33-10-17(26)25-21-18(23(29)31-6)13(5)20(34-21)24(30)32-7/h8-9,11-12,27H,10H2,1-7H3,(H,25,26). The van der Waals surface area contributed by atoms with Crippen LogP contribution in [0, 0.1) is 6.92 Å². The van der Waals surface area contributed by atoms with Gasteiger partial charge in [-0.15, -0.1) is 11.3 Å². The van der Waals surface area contributed by atoms with Crippen molar-refractivity contribution in [2.45, 2.75) is 46.5 Å². The summed E-state index contributed by atoms with van der Waals surface area (Å²) in [6, 6.07) is 3.40. The number of hydrogen-bond acceptors (Lipinski definition) is 9. The van der Waals surface area contributed by atoms with E-state index in [1.807, 2.05) is 33.8 Å². The molecule has 0 bridgehead atoms. The van der Waals surface area contributed by atoms with Crippen LogP contribution < -0.4 is 5.32 Å². The van der Waals surface area contributed by atoms with Crippen molar-refractivity contribution in [2.24, 2.45) is 0 Å². The quantitative estimate of drug-likeness (QED) is 0.411. The minimum atomic E-state index is -0.858. The first-order valence-electron chi connectivity index (χ1n) is 10.6. The van der Waals surface area contributed by atoms with Gasteiger partial charge in [-0.3, -0.25) is 4.79 Å². The number of carbonyl (C=O) groups excluding carboxylic acids is 4. The summed E-state index contributed by atoms with van der Waals surface area (Å²) in [5, 5.41) is 13.1. The highest BCUT2D eigenvalue weighted by atomic mass is 32.1. The van der Waals surface area contributed by atoms with Gasteiger partial charge in [0.15, 0.2) is 6.61 Å². The lowest BCUT2D eigenvalue weighted by Gasteiger charge is -2.16. The molecule has 0 atom stereocenters. The normalized spacial score (nSPS) is 10.9. The van der Waals surface area contributed by atoms with Crippen molar-refractivity contribution < 1.29 is 38.5 Å². The summed E-state index contributed by atoms with van der Waals surface area (Å²) < 4.78 is 14.6. The van der Waals surface area contributed by atoms with Gasteiger partial charge in [0.25, 0.3) is 5.91 Å². The van der Waals surface area contributed by atoms with E-state index in [9.17, 15) is 24.3 Å². The molecule has 1 amide bonds. The third kappa shape index (κ3) is 5.74. The number of esters is 3. The fraction of sp³-hybridized carbons (Fsp3) is 0.417. The molecule has 1 aromatic carbocycles. The van der Waals surface area contributed by atoms with Crippen LogP contribution in [0.4, 0.5) is 5.00 Å². The van der Waals surface area contributed by atoms with Gasteiger partial charge in [-0.05, 0) is 41.5 Å². The molecule has 34 heavy (non-hydrogen) atoms. The topological polar surface area (TPSA) is 128 Å². The van der Waals surface area contributed by atoms with Crippen LogP contribution in [0.15, 0.2) is 12.1 Å². The minimum Gasteiger partial charge on any atom is -0.507 e. The fourth-order valence-corrected chi connectivity index (χ4v) is 4.35. The molecule has 0 aliphatic rings. The Morgan fingerprint density at radius 1 is 0.971 bits per heavy atom. The van der Waals surface area contributed by atoms with Crippen molar-refractivity contribution >= 4 is 40.2 Å². The van der Waals surface area contributed by atoms with Crippen molar-refractivity contribution in [1.82, 2.24) is 0 Å². The molecule has 2 rings (SSSR count). The van der Waals surface area contributed by atoms with E-state index < -0.39 is 30.4 Å². The lowest BCUT2D eigenvalue weighted by atomic mass is 9.92. The minimum absolute atomic E-state index is 0.0106. The number of phenols is 1. The first-order valence-corrected chi connectivity index (χ1v) is 11.4. The molecule has 2 N–H and O–H groups in total. The van der Waals surface area contributed by atoms with Crippen LogP contribution in [0.1, 0.15) is 86.6 Å². The summed E-state index contributed by atoms with van der Waals surface area (Å²) >= 11 is 0.846. The Hall–Kier alpha value is -3.40. The number of nitrogens with one attached hydrogen (secondary N) is 1. The number of anilines is 1. The molecule has 2 aromatic rings. The number of thiophene rings is 1. The van der Waals surface area contributed by atoms with Crippen molar-refractivity contribution in [3.05, 3.63) is 44.8 Å². The zero-order valence-corrected chi connectivity index (χ0v) is 21.0. The molecule has 0 saturated heterocycles. The molecule has 0 fully saturated rings. The molecule has 0 saturated carbocycles. The largest absolute Gasteiger partial charge is 0.507 e. The summed E-state index contributed by atoms with van der Waals surface area (Å²) in [6.07, 6.45) is 0. The van der Waals surface area contributed by atoms with E-state index in [1.165, 1.54) is 21.1 Å². The van der Waals surface area contributed by atoms with Crippen LogP contribution in [0.3, 0.4) is 0 Å². The van der Waals surface area contributed by atoms with Crippen LogP contribution in [0.2, 0.25) is 0 Å². The van der Waals surface area contributed by atoms with Crippen LogP contribution in [-0.2, 0) is 19.0 Å². The highest BCUT2D eigenvalue weighted by Crippen LogP contribution is 2.35. The van der Waals surface area contributed by atoms with E-state index in [0.717, 1.165) is 16.9 Å². The summed E-state index contributed by atoms with van der Waals surface area (Å²) in [6.45, 7) is 8.57. The molecule has 1 aromatic heterocycles. The third-order valence-electron chi connectivity index (χ3n) is 5.16. The first-order chi connectivity index (χ1) is 15.9. The van der Waals surface area contributed by atoms with E-state index in [-0.39, 0.29) is 38.6 Å². The second kappa shape index (κ2) is 11.1. The monoisotopic (exact) mass is 491 g/mol. The lowest BCUT2D eigenvalue weighted by molar-refractivity contribution is -0.119. The van der Waals surface area contributed by atoms with Crippen LogP contribution >= 0.6 is 11.3 Å². The number of rotatable bonds is 8. The van der Waals surface area contributed by atoms with Gasteiger partial charge in [0.05, 0.1) is 19.8 Å². The van der Waals surface area contributed by atoms with Crippen molar-refractivity contribution in [3.63, 3.8) is 0 Å². The van der Waals surface area contributed by atoms with Crippen molar-refractivity contribution in [2.75, 3.05) is 26.1 Å². The lowest BCUT2D eigenvalue weighted by Crippen LogP contribution is -2.22. The Bertz CT molecular complexity index is 1120. The fourth-order valence-electron chi connectivity index (χ4n) is 3.22. The second-order valence-electron chi connectivity index (χ2n) is 8.18. The molecule has 10 heteroatoms. The van der Waals surface area contributed by atoms with Crippen molar-refractivity contribution in [3.8, 4) is 5.75 Å². The number of carbonyl (C=O) groups is 4. The highest BCUT2D eigenvalue weighted by Gasteiger charge is 2.27. The molecule has 0 radical (unpaired) electrons. The number of amides is 1. The number of methoxy groups -OCH3 is 2. The average molecular weight is 492 g/mol. The summed E-state index contributed by atoms with van der Waals surface area (Å²) in [7, 11) is 2.37. The van der Waals surface area contributed by atoms with Crippen LogP contribution in [-0.4, -0.2) is 49.7 Å². The third-order valence-corrected chi connectivity index (χ3v) is 6.35. The molecule has 0 unspecified atom stereocenters. The SMILES string of the molecule is COC(=O)c1sc(NC(=O)COC(=O)c2cc(C(C)C)cc(C(C)C)c2O)c(C(=O)OC)c1C. The molecular weight excluding hydrogens is 462 g/mol. The van der Waals surface area contributed by atoms with Gasteiger partial charge in [0, 0.05) is 0 Å². The Balaban J connectivity index is 2.24. The zero-order chi connectivity index (χ0) is 25.7. The van der Waals surface area contributed by atoms with Crippen molar-refractivity contribution in [1.29, 1.82) is 0 Å². The molecular formula is C24H29NO8S. The van der Waals surface area contributed by atoms with Gasteiger partial charge in [0.2, 0.25) is 0 Å². The van der Waals surface area contributed by atoms with Gasteiger partial charge in [-0.2, -0.15) is 0 Å². The van der Waals surface area contributed by atoms with E-state index in [1.54, 1.807) is 6.07 Å². The van der Waals surface area contributed by atoms with Crippen LogP contribution in [0.25, 0.3) is 0 Å². The second-order valence-corrected chi connectivity index (χ2v) is 9.20. The van der Waals surface area contributed by atoms with Gasteiger partial charge in [0.1, 0.15) is 21.2 Å². The summed E-state index contributed by atoms with van der Waals surface area (Å²) in [4.78, 5) is 49.5. The number of hydrogen-bond donors (Lipinski definition) is 2. The maximum atomic E-state index is 12.7. The number of aromatic hydroxyl groups is 1. The van der Waals surface area contributed by atoms with E-state index >= 15 is 0 Å². The van der Waals surface area contributed by atoms with E-state index in [4.69, 9.17) is 14.2 Å². The highest BCUT2D eigenvalue weighted by molar-refractivity contribution is 7.18. The van der Waals surface area contributed by atoms with Gasteiger partial charge in [-0.1, -0.05) is 33.8 Å². The van der Waals surface area contributed by atoms with Gasteiger partial charge >= 0.3 is 17.9 Å². The summed E-state index contributed by atoms with van der Waals surface area (Å²) in [5.74, 6) is -3.11. The molecule has 0 aliphatic heterocycles. The molecule has 1 heterocycles. The maximum absolute atomic E-state index is 12.7. The number of benzene rings is 1. The number of phenolic OH excluding ortho intramolecular Hbond substituents is 1. The zero-order valence-electron chi connectivity index (χ0n) is 20.2. The van der Waals surface area contributed by atoms with E-state index in [2.05, 4.69) is 5.32 Å². The Morgan fingerprint density at radius 2 is 1.59 bits per heavy atom. The Labute approximate surface area is 202 Å². The average Bonchev–Trinajstić information content (AvgIpc) is 3.11. The molecule has 9 nitrogen and oxygen atoms in total. The maximum Gasteiger partial charge on any atom is 0.348 e. The van der Waals surface area contributed by atoms with Gasteiger partial charge in [-0.25, -0.2) is 14.4 Å². The first kappa shape index (κ1) is 26.8. The summed E-state index contributed by atoms with van der Waals surface area (Å²) in [5.41, 5.74) is 1.74.